The topological polar surface area (TPSA) is 66.6 Å². The molecule has 0 saturated carbocycles. The number of hydrogen-bond acceptors (Lipinski definition) is 5. The maximum Gasteiger partial charge on any atom is 0.229 e. The van der Waals surface area contributed by atoms with E-state index in [1.54, 1.807) is 29.4 Å². The first kappa shape index (κ1) is 19.9. The van der Waals surface area contributed by atoms with Gasteiger partial charge in [0.15, 0.2) is 0 Å². The molecule has 0 unspecified atom stereocenters. The van der Waals surface area contributed by atoms with E-state index in [-0.39, 0.29) is 18.1 Å². The molecule has 1 amide bonds. The highest BCUT2D eigenvalue weighted by molar-refractivity contribution is 7.13. The van der Waals surface area contributed by atoms with Crippen molar-refractivity contribution < 1.29 is 14.3 Å². The summed E-state index contributed by atoms with van der Waals surface area (Å²) in [6.45, 7) is 2.67. The van der Waals surface area contributed by atoms with Gasteiger partial charge in [-0.1, -0.05) is 42.0 Å². The molecule has 4 rings (SSSR count). The summed E-state index contributed by atoms with van der Waals surface area (Å²) in [7, 11) is 0. The van der Waals surface area contributed by atoms with E-state index >= 15 is 0 Å². The van der Waals surface area contributed by atoms with Crippen molar-refractivity contribution in [3.63, 3.8) is 0 Å². The van der Waals surface area contributed by atoms with Crippen LogP contribution in [0.1, 0.15) is 22.6 Å². The van der Waals surface area contributed by atoms with Crippen molar-refractivity contribution >= 4 is 17.2 Å². The van der Waals surface area contributed by atoms with Crippen molar-refractivity contribution in [2.45, 2.75) is 26.4 Å². The number of benzene rings is 2. The number of carbonyl (C=O) groups is 1. The van der Waals surface area contributed by atoms with Crippen LogP contribution >= 0.6 is 11.3 Å². The lowest BCUT2D eigenvalue weighted by Crippen LogP contribution is -2.31. The van der Waals surface area contributed by atoms with Crippen molar-refractivity contribution in [2.24, 2.45) is 0 Å². The lowest BCUT2D eigenvalue weighted by Gasteiger charge is -2.22. The standard InChI is InChI=1S/C24H22N2O3S/c1-17-6-4-8-18(12-17)24-25-20(16-30-24)13-23(28)26(15-21-9-5-11-29-21)14-19-7-2-3-10-22(19)27/h2-12,16,27H,13-15H2,1H3. The molecule has 0 saturated heterocycles. The van der Waals surface area contributed by atoms with Crippen LogP contribution in [0.3, 0.4) is 0 Å². The van der Waals surface area contributed by atoms with Crippen molar-refractivity contribution in [3.05, 3.63) is 94.9 Å². The second-order valence-electron chi connectivity index (χ2n) is 7.15. The molecule has 0 radical (unpaired) electrons. The fraction of sp³-hybridized carbons (Fsp3) is 0.167. The van der Waals surface area contributed by atoms with Crippen LogP contribution in [-0.4, -0.2) is 20.9 Å². The first-order valence-corrected chi connectivity index (χ1v) is 10.5. The van der Waals surface area contributed by atoms with Crippen molar-refractivity contribution in [1.29, 1.82) is 0 Å². The van der Waals surface area contributed by atoms with Gasteiger partial charge in [0, 0.05) is 23.1 Å². The molecule has 152 valence electrons. The summed E-state index contributed by atoms with van der Waals surface area (Å²) in [5.41, 5.74) is 3.66. The second kappa shape index (κ2) is 8.97. The van der Waals surface area contributed by atoms with Gasteiger partial charge in [-0.2, -0.15) is 0 Å². The molecule has 30 heavy (non-hydrogen) atoms. The lowest BCUT2D eigenvalue weighted by atomic mass is 10.1. The highest BCUT2D eigenvalue weighted by Crippen LogP contribution is 2.25. The average Bonchev–Trinajstić information content (AvgIpc) is 3.41. The number of nitrogens with zero attached hydrogens (tertiary/aromatic N) is 2. The SMILES string of the molecule is Cc1cccc(-c2nc(CC(=O)N(Cc3ccco3)Cc3ccccc3O)cs2)c1. The molecule has 0 aliphatic carbocycles. The Balaban J connectivity index is 1.52. The maximum absolute atomic E-state index is 13.1. The zero-order chi connectivity index (χ0) is 20.9. The van der Waals surface area contributed by atoms with Gasteiger partial charge in [-0.3, -0.25) is 4.79 Å². The third kappa shape index (κ3) is 4.78. The molecule has 2 heterocycles. The number of rotatable bonds is 7. The molecule has 1 N–H and O–H groups in total. The number of phenols is 1. The predicted octanol–water partition coefficient (Wildman–Crippen LogP) is 5.19. The van der Waals surface area contributed by atoms with E-state index in [9.17, 15) is 9.90 Å². The Morgan fingerprint density at radius 2 is 1.97 bits per heavy atom. The largest absolute Gasteiger partial charge is 0.508 e. The van der Waals surface area contributed by atoms with Crippen LogP contribution in [0.4, 0.5) is 0 Å². The van der Waals surface area contributed by atoms with Gasteiger partial charge in [-0.15, -0.1) is 11.3 Å². The number of furan rings is 1. The summed E-state index contributed by atoms with van der Waals surface area (Å²) < 4.78 is 5.44. The molecule has 0 spiro atoms. The Morgan fingerprint density at radius 3 is 2.73 bits per heavy atom. The molecule has 0 bridgehead atoms. The van der Waals surface area contributed by atoms with Crippen LogP contribution in [0.2, 0.25) is 0 Å². The number of aryl methyl sites for hydroxylation is 1. The highest BCUT2D eigenvalue weighted by atomic mass is 32.1. The number of phenolic OH excluding ortho intramolecular Hbond substituents is 1. The Bertz CT molecular complexity index is 1130. The summed E-state index contributed by atoms with van der Waals surface area (Å²) >= 11 is 1.54. The summed E-state index contributed by atoms with van der Waals surface area (Å²) in [5, 5.41) is 13.0. The first-order valence-electron chi connectivity index (χ1n) is 9.67. The number of para-hydroxylation sites is 1. The number of amides is 1. The summed E-state index contributed by atoms with van der Waals surface area (Å²) in [6.07, 6.45) is 1.78. The van der Waals surface area contributed by atoms with E-state index in [2.05, 4.69) is 11.1 Å². The van der Waals surface area contributed by atoms with E-state index in [0.717, 1.165) is 16.3 Å². The Hall–Kier alpha value is -3.38. The number of aromatic nitrogens is 1. The van der Waals surface area contributed by atoms with E-state index in [1.807, 2.05) is 48.7 Å². The minimum Gasteiger partial charge on any atom is -0.508 e. The normalized spacial score (nSPS) is 10.8. The van der Waals surface area contributed by atoms with Crippen LogP contribution in [0.15, 0.2) is 76.7 Å². The quantitative estimate of drug-likeness (QED) is 0.449. The molecule has 0 atom stereocenters. The minimum atomic E-state index is -0.0734. The van der Waals surface area contributed by atoms with Crippen molar-refractivity contribution in [3.8, 4) is 16.3 Å². The molecular formula is C24H22N2O3S. The molecule has 0 fully saturated rings. The van der Waals surface area contributed by atoms with Gasteiger partial charge >= 0.3 is 0 Å². The van der Waals surface area contributed by atoms with Gasteiger partial charge in [0.1, 0.15) is 16.5 Å². The summed E-state index contributed by atoms with van der Waals surface area (Å²) in [5.74, 6) is 0.790. The summed E-state index contributed by atoms with van der Waals surface area (Å²) in [4.78, 5) is 19.5. The Kier molecular flexibility index (Phi) is 5.95. The Morgan fingerprint density at radius 1 is 1.10 bits per heavy atom. The monoisotopic (exact) mass is 418 g/mol. The lowest BCUT2D eigenvalue weighted by molar-refractivity contribution is -0.132. The van der Waals surface area contributed by atoms with Crippen molar-refractivity contribution in [1.82, 2.24) is 9.88 Å². The number of aromatic hydroxyl groups is 1. The van der Waals surface area contributed by atoms with Crippen LogP contribution in [0.5, 0.6) is 5.75 Å². The fourth-order valence-corrected chi connectivity index (χ4v) is 4.06. The number of thiazole rings is 1. The molecule has 2 aromatic heterocycles. The third-order valence-electron chi connectivity index (χ3n) is 4.78. The number of hydrogen-bond donors (Lipinski definition) is 1. The van der Waals surface area contributed by atoms with Gasteiger partial charge in [0.05, 0.1) is 24.9 Å². The molecule has 4 aromatic rings. The van der Waals surface area contributed by atoms with Gasteiger partial charge in [0.2, 0.25) is 5.91 Å². The smallest absolute Gasteiger partial charge is 0.229 e. The summed E-state index contributed by atoms with van der Waals surface area (Å²) in [6, 6.07) is 18.9. The zero-order valence-electron chi connectivity index (χ0n) is 16.6. The van der Waals surface area contributed by atoms with Gasteiger partial charge < -0.3 is 14.4 Å². The fourth-order valence-electron chi connectivity index (χ4n) is 3.24. The Labute approximate surface area is 179 Å². The highest BCUT2D eigenvalue weighted by Gasteiger charge is 2.19. The molecule has 0 aliphatic heterocycles. The first-order chi connectivity index (χ1) is 14.6. The van der Waals surface area contributed by atoms with Gasteiger partial charge in [-0.25, -0.2) is 4.98 Å². The van der Waals surface area contributed by atoms with Crippen LogP contribution in [0.25, 0.3) is 10.6 Å². The molecule has 0 aliphatic rings. The van der Waals surface area contributed by atoms with Gasteiger partial charge in [-0.05, 0) is 31.2 Å². The van der Waals surface area contributed by atoms with E-state index in [0.29, 0.717) is 24.4 Å². The minimum absolute atomic E-state index is 0.0734. The molecular weight excluding hydrogens is 396 g/mol. The van der Waals surface area contributed by atoms with Crippen molar-refractivity contribution in [2.75, 3.05) is 0 Å². The van der Waals surface area contributed by atoms with Gasteiger partial charge in [0.25, 0.3) is 0 Å². The van der Waals surface area contributed by atoms with E-state index < -0.39 is 0 Å². The maximum atomic E-state index is 13.1. The zero-order valence-corrected chi connectivity index (χ0v) is 17.4. The van der Waals surface area contributed by atoms with E-state index in [4.69, 9.17) is 4.42 Å². The van der Waals surface area contributed by atoms with Crippen LogP contribution < -0.4 is 0 Å². The average molecular weight is 419 g/mol. The van der Waals surface area contributed by atoms with E-state index in [1.165, 1.54) is 16.9 Å². The predicted molar refractivity (Wildman–Crippen MR) is 117 cm³/mol. The van der Waals surface area contributed by atoms with Crippen LogP contribution in [-0.2, 0) is 24.3 Å². The molecule has 2 aromatic carbocycles. The second-order valence-corrected chi connectivity index (χ2v) is 8.01. The van der Waals surface area contributed by atoms with Crippen LogP contribution in [0, 0.1) is 6.92 Å². The molecule has 5 nitrogen and oxygen atoms in total. The third-order valence-corrected chi connectivity index (χ3v) is 5.72. The number of carbonyl (C=O) groups excluding carboxylic acids is 1. The molecule has 6 heteroatoms.